The standard InChI is InChI=1S/C23H23NO6S/c1-14-24-18-20(30-22(26)16-11-7-4-8-12-16)19(17(13-27-2)28-23(18)31-14)29-21(25)15-9-5-3-6-10-15/h3-12,17-20,23H,13H2,1-2H3/t17-,18-,19?,20-,23-/m1/s1. The third-order valence-electron chi connectivity index (χ3n) is 5.07. The van der Waals surface area contributed by atoms with Gasteiger partial charge >= 0.3 is 11.9 Å². The third-order valence-corrected chi connectivity index (χ3v) is 6.14. The molecule has 1 unspecified atom stereocenters. The second-order valence-corrected chi connectivity index (χ2v) is 8.52. The average molecular weight is 442 g/mol. The molecule has 2 aromatic rings. The van der Waals surface area contributed by atoms with Crippen molar-refractivity contribution < 1.29 is 28.5 Å². The van der Waals surface area contributed by atoms with Gasteiger partial charge in [-0.3, -0.25) is 4.99 Å². The predicted octanol–water partition coefficient (Wildman–Crippen LogP) is 3.34. The monoisotopic (exact) mass is 441 g/mol. The summed E-state index contributed by atoms with van der Waals surface area (Å²) in [5.74, 6) is -1.03. The molecule has 4 rings (SSSR count). The predicted molar refractivity (Wildman–Crippen MR) is 116 cm³/mol. The molecule has 2 aliphatic rings. The van der Waals surface area contributed by atoms with E-state index in [2.05, 4.69) is 4.99 Å². The number of thioether (sulfide) groups is 1. The Hall–Kier alpha value is -2.68. The molecule has 2 heterocycles. The van der Waals surface area contributed by atoms with Gasteiger partial charge in [0.1, 0.15) is 17.6 Å². The minimum Gasteiger partial charge on any atom is -0.452 e. The van der Waals surface area contributed by atoms with Crippen LogP contribution in [0.5, 0.6) is 0 Å². The number of rotatable bonds is 6. The highest BCUT2D eigenvalue weighted by Crippen LogP contribution is 2.39. The number of hydrogen-bond donors (Lipinski definition) is 0. The number of esters is 2. The van der Waals surface area contributed by atoms with Crippen LogP contribution >= 0.6 is 11.8 Å². The first-order valence-corrected chi connectivity index (χ1v) is 10.8. The summed E-state index contributed by atoms with van der Waals surface area (Å²) in [5.41, 5.74) is 0.461. The van der Waals surface area contributed by atoms with E-state index in [1.807, 2.05) is 19.1 Å². The summed E-state index contributed by atoms with van der Waals surface area (Å²) >= 11 is 1.46. The van der Waals surface area contributed by atoms with E-state index in [0.717, 1.165) is 5.04 Å². The Labute approximate surface area is 184 Å². The quantitative estimate of drug-likeness (QED) is 0.636. The van der Waals surface area contributed by atoms with Gasteiger partial charge in [-0.15, -0.1) is 0 Å². The van der Waals surface area contributed by atoms with E-state index in [9.17, 15) is 9.59 Å². The molecule has 8 heteroatoms. The Morgan fingerprint density at radius 1 is 0.935 bits per heavy atom. The molecule has 0 amide bonds. The van der Waals surface area contributed by atoms with Crippen molar-refractivity contribution in [3.05, 3.63) is 71.8 Å². The van der Waals surface area contributed by atoms with Gasteiger partial charge in [0.05, 0.1) is 22.8 Å². The minimum absolute atomic E-state index is 0.176. The molecule has 5 atom stereocenters. The Kier molecular flexibility index (Phi) is 6.70. The van der Waals surface area contributed by atoms with Crippen LogP contribution in [0.2, 0.25) is 0 Å². The van der Waals surface area contributed by atoms with Gasteiger partial charge in [0, 0.05) is 7.11 Å². The molecule has 2 aromatic carbocycles. The molecule has 1 fully saturated rings. The number of methoxy groups -OCH3 is 1. The fourth-order valence-corrected chi connectivity index (χ4v) is 4.71. The van der Waals surface area contributed by atoms with E-state index in [4.69, 9.17) is 18.9 Å². The molecular weight excluding hydrogens is 418 g/mol. The fraction of sp³-hybridized carbons (Fsp3) is 0.348. The lowest BCUT2D eigenvalue weighted by atomic mass is 9.97. The number of nitrogens with zero attached hydrogens (tertiary/aromatic N) is 1. The van der Waals surface area contributed by atoms with Crippen molar-refractivity contribution in [2.24, 2.45) is 4.99 Å². The first-order chi connectivity index (χ1) is 15.1. The van der Waals surface area contributed by atoms with Crippen LogP contribution in [0.3, 0.4) is 0 Å². The summed E-state index contributed by atoms with van der Waals surface area (Å²) in [6.45, 7) is 2.05. The normalized spacial score (nSPS) is 27.2. The molecule has 0 aromatic heterocycles. The van der Waals surface area contributed by atoms with Crippen LogP contribution in [0.1, 0.15) is 27.6 Å². The number of ether oxygens (including phenoxy) is 4. The van der Waals surface area contributed by atoms with Crippen molar-refractivity contribution >= 4 is 28.7 Å². The average Bonchev–Trinajstić information content (AvgIpc) is 3.17. The van der Waals surface area contributed by atoms with Gasteiger partial charge in [-0.1, -0.05) is 48.2 Å². The summed E-state index contributed by atoms with van der Waals surface area (Å²) in [6.07, 6.45) is -2.30. The smallest absolute Gasteiger partial charge is 0.338 e. The molecule has 0 aliphatic carbocycles. The van der Waals surface area contributed by atoms with Crippen LogP contribution in [0, 0.1) is 0 Å². The summed E-state index contributed by atoms with van der Waals surface area (Å²) in [4.78, 5) is 30.3. The van der Waals surface area contributed by atoms with Gasteiger partial charge in [-0.25, -0.2) is 9.59 Å². The lowest BCUT2D eigenvalue weighted by Gasteiger charge is -2.41. The van der Waals surface area contributed by atoms with E-state index in [1.165, 1.54) is 11.8 Å². The van der Waals surface area contributed by atoms with Crippen LogP contribution in [-0.4, -0.2) is 60.5 Å². The van der Waals surface area contributed by atoms with Gasteiger partial charge in [0.15, 0.2) is 12.2 Å². The van der Waals surface area contributed by atoms with E-state index in [1.54, 1.807) is 55.6 Å². The number of benzene rings is 2. The topological polar surface area (TPSA) is 83.4 Å². The highest BCUT2D eigenvalue weighted by molar-refractivity contribution is 8.14. The van der Waals surface area contributed by atoms with E-state index >= 15 is 0 Å². The Bertz CT molecular complexity index is 951. The Morgan fingerprint density at radius 3 is 2.03 bits per heavy atom. The van der Waals surface area contributed by atoms with Gasteiger partial charge < -0.3 is 18.9 Å². The van der Waals surface area contributed by atoms with Crippen LogP contribution in [0.15, 0.2) is 65.7 Å². The molecule has 162 valence electrons. The van der Waals surface area contributed by atoms with Gasteiger partial charge in [0.2, 0.25) is 0 Å². The first kappa shape index (κ1) is 21.5. The largest absolute Gasteiger partial charge is 0.452 e. The number of hydrogen-bond acceptors (Lipinski definition) is 8. The second kappa shape index (κ2) is 9.64. The maximum absolute atomic E-state index is 12.9. The summed E-state index contributed by atoms with van der Waals surface area (Å²) in [6, 6.07) is 16.9. The van der Waals surface area contributed by atoms with Crippen molar-refractivity contribution in [2.75, 3.05) is 13.7 Å². The number of carbonyl (C=O) groups is 2. The maximum Gasteiger partial charge on any atom is 0.338 e. The number of aliphatic imine (C=N–C) groups is 1. The molecule has 7 nitrogen and oxygen atoms in total. The molecule has 31 heavy (non-hydrogen) atoms. The Balaban J connectivity index is 1.64. The lowest BCUT2D eigenvalue weighted by molar-refractivity contribution is -0.171. The highest BCUT2D eigenvalue weighted by Gasteiger charge is 2.52. The van der Waals surface area contributed by atoms with Crippen LogP contribution in [-0.2, 0) is 18.9 Å². The molecule has 0 saturated carbocycles. The van der Waals surface area contributed by atoms with Crippen LogP contribution in [0.25, 0.3) is 0 Å². The van der Waals surface area contributed by atoms with Crippen molar-refractivity contribution in [1.82, 2.24) is 0 Å². The van der Waals surface area contributed by atoms with Crippen molar-refractivity contribution in [3.63, 3.8) is 0 Å². The highest BCUT2D eigenvalue weighted by atomic mass is 32.2. The molecule has 1 saturated heterocycles. The molecule has 2 aliphatic heterocycles. The maximum atomic E-state index is 12.9. The zero-order valence-electron chi connectivity index (χ0n) is 17.2. The summed E-state index contributed by atoms with van der Waals surface area (Å²) in [7, 11) is 1.54. The SMILES string of the molecule is COC[C@H]1O[C@@H]2SC(C)=N[C@@H]2[C@@H](OC(=O)c2ccccc2)C1OC(=O)c1ccccc1. The molecule has 0 radical (unpaired) electrons. The second-order valence-electron chi connectivity index (χ2n) is 7.23. The molecular formula is C23H23NO6S. The van der Waals surface area contributed by atoms with Gasteiger partial charge in [-0.2, -0.15) is 0 Å². The van der Waals surface area contributed by atoms with Gasteiger partial charge in [-0.05, 0) is 31.2 Å². The van der Waals surface area contributed by atoms with Crippen molar-refractivity contribution in [3.8, 4) is 0 Å². The third kappa shape index (κ3) is 4.81. The van der Waals surface area contributed by atoms with Crippen molar-refractivity contribution in [2.45, 2.75) is 36.7 Å². The van der Waals surface area contributed by atoms with E-state index < -0.39 is 36.3 Å². The van der Waals surface area contributed by atoms with Crippen molar-refractivity contribution in [1.29, 1.82) is 0 Å². The number of fused-ring (bicyclic) bond motifs is 1. The Morgan fingerprint density at radius 2 is 1.48 bits per heavy atom. The zero-order chi connectivity index (χ0) is 21.8. The summed E-state index contributed by atoms with van der Waals surface area (Å²) in [5, 5.41) is 0.821. The first-order valence-electron chi connectivity index (χ1n) is 9.94. The van der Waals surface area contributed by atoms with Crippen LogP contribution in [0.4, 0.5) is 0 Å². The molecule has 0 spiro atoms. The van der Waals surface area contributed by atoms with E-state index in [0.29, 0.717) is 11.1 Å². The molecule has 0 N–H and O–H groups in total. The minimum atomic E-state index is -0.878. The summed E-state index contributed by atoms with van der Waals surface area (Å²) < 4.78 is 23.2. The molecule has 0 bridgehead atoms. The fourth-order valence-electron chi connectivity index (χ4n) is 3.64. The lowest BCUT2D eigenvalue weighted by Crippen LogP contribution is -2.59. The van der Waals surface area contributed by atoms with E-state index in [-0.39, 0.29) is 12.0 Å². The van der Waals surface area contributed by atoms with Gasteiger partial charge in [0.25, 0.3) is 0 Å². The number of carbonyl (C=O) groups excluding carboxylic acids is 2. The van der Waals surface area contributed by atoms with Crippen LogP contribution < -0.4 is 0 Å². The zero-order valence-corrected chi connectivity index (χ0v) is 18.0.